The summed E-state index contributed by atoms with van der Waals surface area (Å²) >= 11 is 0. The number of nitrogens with one attached hydrogen (secondary N) is 1. The van der Waals surface area contributed by atoms with Crippen LogP contribution in [-0.2, 0) is 19.6 Å². The molecular weight excluding hydrogens is 361 g/mol. The fourth-order valence-corrected chi connectivity index (χ4v) is 4.43. The van der Waals surface area contributed by atoms with Gasteiger partial charge in [0.15, 0.2) is 0 Å². The van der Waals surface area contributed by atoms with Gasteiger partial charge in [-0.3, -0.25) is 14.0 Å². The van der Waals surface area contributed by atoms with Gasteiger partial charge in [-0.15, -0.1) is 0 Å². The molecule has 1 N–H and O–H groups in total. The number of sulfonamides is 1. The van der Waals surface area contributed by atoms with Crippen LogP contribution in [0.3, 0.4) is 0 Å². The smallest absolute Gasteiger partial charge is 0.241 e. The molecule has 0 radical (unpaired) electrons. The van der Waals surface area contributed by atoms with Gasteiger partial charge in [0.25, 0.3) is 0 Å². The quantitative estimate of drug-likeness (QED) is 0.802. The van der Waals surface area contributed by atoms with E-state index in [4.69, 9.17) is 4.74 Å². The highest BCUT2D eigenvalue weighted by Gasteiger charge is 2.37. The third kappa shape index (κ3) is 4.52. The number of anilines is 1. The van der Waals surface area contributed by atoms with E-state index in [2.05, 4.69) is 10.2 Å². The molecule has 7 nitrogen and oxygen atoms in total. The zero-order valence-corrected chi connectivity index (χ0v) is 15.7. The molecule has 1 aromatic carbocycles. The van der Waals surface area contributed by atoms with Crippen LogP contribution in [0, 0.1) is 5.82 Å². The van der Waals surface area contributed by atoms with Gasteiger partial charge in [-0.1, -0.05) is 6.07 Å². The molecule has 1 aromatic rings. The van der Waals surface area contributed by atoms with Crippen LogP contribution in [0.15, 0.2) is 24.3 Å². The van der Waals surface area contributed by atoms with Crippen molar-refractivity contribution in [1.29, 1.82) is 0 Å². The van der Waals surface area contributed by atoms with Gasteiger partial charge in [-0.2, -0.15) is 0 Å². The lowest BCUT2D eigenvalue weighted by Gasteiger charge is -2.33. The molecule has 144 valence electrons. The maximum atomic E-state index is 13.4. The van der Waals surface area contributed by atoms with Crippen LogP contribution in [0.2, 0.25) is 0 Å². The number of halogens is 1. The highest BCUT2D eigenvalue weighted by Crippen LogP contribution is 2.23. The van der Waals surface area contributed by atoms with E-state index in [0.29, 0.717) is 6.61 Å². The second kappa shape index (κ2) is 7.50. The van der Waals surface area contributed by atoms with Crippen molar-refractivity contribution < 1.29 is 22.3 Å². The Morgan fingerprint density at radius 3 is 2.88 bits per heavy atom. The third-order valence-corrected chi connectivity index (χ3v) is 5.88. The first kappa shape index (κ1) is 19.1. The normalized spacial score (nSPS) is 26.3. The van der Waals surface area contributed by atoms with Crippen molar-refractivity contribution in [1.82, 2.24) is 10.2 Å². The van der Waals surface area contributed by atoms with Crippen molar-refractivity contribution in [2.45, 2.75) is 31.5 Å². The lowest BCUT2D eigenvalue weighted by Crippen LogP contribution is -2.46. The van der Waals surface area contributed by atoms with Gasteiger partial charge < -0.3 is 10.1 Å². The van der Waals surface area contributed by atoms with E-state index in [-0.39, 0.29) is 30.4 Å². The monoisotopic (exact) mass is 385 g/mol. The standard InChI is InChI=1S/C17H24FN3O4S/c1-12-8-20-9-14(7-16(20)11-25-12)19-17(22)10-21(26(2,23)24)15-5-3-4-13(18)6-15/h3-6,12,14,16H,7-11H2,1-2H3,(H,19,22)/t12-,14-,16+/m1/s1. The van der Waals surface area contributed by atoms with E-state index >= 15 is 0 Å². The number of amides is 1. The Morgan fingerprint density at radius 2 is 2.19 bits per heavy atom. The number of hydrogen-bond donors (Lipinski definition) is 1. The summed E-state index contributed by atoms with van der Waals surface area (Å²) in [5, 5.41) is 2.90. The molecule has 3 atom stereocenters. The van der Waals surface area contributed by atoms with Gasteiger partial charge in [0.2, 0.25) is 15.9 Å². The Kier molecular flexibility index (Phi) is 5.50. The predicted octanol–water partition coefficient (Wildman–Crippen LogP) is 0.570. The lowest BCUT2D eigenvalue weighted by molar-refractivity contribution is -0.120. The Hall–Kier alpha value is -1.71. The summed E-state index contributed by atoms with van der Waals surface area (Å²) in [4.78, 5) is 14.7. The molecule has 0 aromatic heterocycles. The van der Waals surface area contributed by atoms with Gasteiger partial charge >= 0.3 is 0 Å². The molecule has 2 fully saturated rings. The van der Waals surface area contributed by atoms with Gasteiger partial charge in [-0.25, -0.2) is 12.8 Å². The maximum Gasteiger partial charge on any atom is 0.241 e. The van der Waals surface area contributed by atoms with Crippen LogP contribution >= 0.6 is 0 Å². The number of rotatable bonds is 5. The minimum Gasteiger partial charge on any atom is -0.376 e. The Morgan fingerprint density at radius 1 is 1.42 bits per heavy atom. The van der Waals surface area contributed by atoms with Crippen LogP contribution < -0.4 is 9.62 Å². The van der Waals surface area contributed by atoms with Crippen LogP contribution in [0.5, 0.6) is 0 Å². The first-order valence-corrected chi connectivity index (χ1v) is 10.5. The SMILES string of the molecule is C[C@@H]1CN2C[C@H](NC(=O)CN(c3cccc(F)c3)S(C)(=O)=O)C[C@H]2CO1. The molecule has 3 rings (SSSR count). The summed E-state index contributed by atoms with van der Waals surface area (Å²) in [7, 11) is -3.72. The lowest BCUT2D eigenvalue weighted by atomic mass is 10.1. The summed E-state index contributed by atoms with van der Waals surface area (Å²) in [6.45, 7) is 3.84. The largest absolute Gasteiger partial charge is 0.376 e. The number of fused-ring (bicyclic) bond motifs is 1. The number of hydrogen-bond acceptors (Lipinski definition) is 5. The zero-order chi connectivity index (χ0) is 18.9. The average molecular weight is 385 g/mol. The van der Waals surface area contributed by atoms with Crippen molar-refractivity contribution in [2.75, 3.05) is 36.8 Å². The minimum atomic E-state index is -3.72. The molecule has 2 saturated heterocycles. The molecule has 2 aliphatic heterocycles. The summed E-state index contributed by atoms with van der Waals surface area (Å²) in [6.07, 6.45) is 1.95. The number of nitrogens with zero attached hydrogens (tertiary/aromatic N) is 2. The molecule has 0 spiro atoms. The molecule has 0 bridgehead atoms. The predicted molar refractivity (Wildman–Crippen MR) is 95.9 cm³/mol. The molecule has 2 aliphatic rings. The first-order chi connectivity index (χ1) is 12.2. The molecule has 0 aliphatic carbocycles. The van der Waals surface area contributed by atoms with E-state index in [0.717, 1.165) is 36.1 Å². The van der Waals surface area contributed by atoms with E-state index in [9.17, 15) is 17.6 Å². The fraction of sp³-hybridized carbons (Fsp3) is 0.588. The number of morpholine rings is 1. The summed E-state index contributed by atoms with van der Waals surface area (Å²) in [6, 6.07) is 5.44. The number of benzene rings is 1. The second-order valence-corrected chi connectivity index (χ2v) is 8.91. The van der Waals surface area contributed by atoms with Gasteiger partial charge in [0.05, 0.1) is 24.7 Å². The molecule has 9 heteroatoms. The molecule has 0 unspecified atom stereocenters. The van der Waals surface area contributed by atoms with Crippen molar-refractivity contribution in [3.8, 4) is 0 Å². The van der Waals surface area contributed by atoms with Gasteiger partial charge in [0.1, 0.15) is 12.4 Å². The van der Waals surface area contributed by atoms with Gasteiger partial charge in [0, 0.05) is 25.2 Å². The van der Waals surface area contributed by atoms with E-state index < -0.39 is 21.7 Å². The molecule has 26 heavy (non-hydrogen) atoms. The number of carbonyl (C=O) groups is 1. The van der Waals surface area contributed by atoms with Crippen LogP contribution in [-0.4, -0.2) is 69.9 Å². The molecule has 0 saturated carbocycles. The van der Waals surface area contributed by atoms with Crippen molar-refractivity contribution in [2.24, 2.45) is 0 Å². The van der Waals surface area contributed by atoms with E-state index in [1.807, 2.05) is 6.92 Å². The van der Waals surface area contributed by atoms with Crippen LogP contribution in [0.25, 0.3) is 0 Å². The Balaban J connectivity index is 1.64. The molecule has 1 amide bonds. The zero-order valence-electron chi connectivity index (χ0n) is 14.9. The topological polar surface area (TPSA) is 79.0 Å². The van der Waals surface area contributed by atoms with E-state index in [1.54, 1.807) is 0 Å². The number of carbonyl (C=O) groups excluding carboxylic acids is 1. The van der Waals surface area contributed by atoms with Gasteiger partial charge in [-0.05, 0) is 31.5 Å². The third-order valence-electron chi connectivity index (χ3n) is 4.74. The minimum absolute atomic E-state index is 0.0460. The first-order valence-electron chi connectivity index (χ1n) is 8.60. The van der Waals surface area contributed by atoms with Crippen molar-refractivity contribution in [3.63, 3.8) is 0 Å². The summed E-state index contributed by atoms with van der Waals surface area (Å²) in [5.74, 6) is -0.961. The molecule has 2 heterocycles. The average Bonchev–Trinajstić information content (AvgIpc) is 2.92. The maximum absolute atomic E-state index is 13.4. The fourth-order valence-electron chi connectivity index (χ4n) is 3.58. The van der Waals surface area contributed by atoms with Crippen molar-refractivity contribution in [3.05, 3.63) is 30.1 Å². The molecular formula is C17H24FN3O4S. The van der Waals surface area contributed by atoms with Crippen LogP contribution in [0.1, 0.15) is 13.3 Å². The second-order valence-electron chi connectivity index (χ2n) is 7.00. The highest BCUT2D eigenvalue weighted by atomic mass is 32.2. The van der Waals surface area contributed by atoms with Crippen LogP contribution in [0.4, 0.5) is 10.1 Å². The Bertz CT molecular complexity index is 773. The van der Waals surface area contributed by atoms with E-state index in [1.165, 1.54) is 18.2 Å². The number of ether oxygens (including phenoxy) is 1. The Labute approximate surface area is 153 Å². The van der Waals surface area contributed by atoms with Crippen molar-refractivity contribution >= 4 is 21.6 Å². The highest BCUT2D eigenvalue weighted by molar-refractivity contribution is 7.92. The summed E-state index contributed by atoms with van der Waals surface area (Å²) < 4.78 is 44.1. The summed E-state index contributed by atoms with van der Waals surface area (Å²) in [5.41, 5.74) is 0.133.